The summed E-state index contributed by atoms with van der Waals surface area (Å²) in [6.45, 7) is 5.08. The molecule has 0 bridgehead atoms. The normalized spacial score (nSPS) is 10.7. The van der Waals surface area contributed by atoms with Crippen LogP contribution in [0.15, 0.2) is 24.3 Å². The molecule has 5 heteroatoms. The van der Waals surface area contributed by atoms with E-state index in [1.165, 1.54) is 11.1 Å². The third kappa shape index (κ3) is 2.56. The summed E-state index contributed by atoms with van der Waals surface area (Å²) in [5.74, 6) is 1.09. The highest BCUT2D eigenvalue weighted by molar-refractivity contribution is 5.28. The molecule has 5 nitrogen and oxygen atoms in total. The number of hydrogen-bond acceptors (Lipinski definition) is 4. The molecule has 0 saturated heterocycles. The van der Waals surface area contributed by atoms with E-state index in [0.29, 0.717) is 18.4 Å². The Balaban J connectivity index is 1.95. The summed E-state index contributed by atoms with van der Waals surface area (Å²) in [5, 5.41) is 16.6. The summed E-state index contributed by atoms with van der Waals surface area (Å²) in [7, 11) is 0. The average molecular weight is 217 g/mol. The van der Waals surface area contributed by atoms with Gasteiger partial charge in [0, 0.05) is 6.54 Å². The van der Waals surface area contributed by atoms with Crippen molar-refractivity contribution in [1.82, 2.24) is 20.6 Å². The highest BCUT2D eigenvalue weighted by atomic mass is 15.5. The van der Waals surface area contributed by atoms with Crippen molar-refractivity contribution < 1.29 is 0 Å². The lowest BCUT2D eigenvalue weighted by Gasteiger charge is -2.06. The summed E-state index contributed by atoms with van der Waals surface area (Å²) < 4.78 is 0. The van der Waals surface area contributed by atoms with Gasteiger partial charge in [0.15, 0.2) is 0 Å². The number of benzene rings is 1. The van der Waals surface area contributed by atoms with Gasteiger partial charge in [0.1, 0.15) is 0 Å². The van der Waals surface area contributed by atoms with Gasteiger partial charge in [0.05, 0.1) is 0 Å². The number of tetrazole rings is 1. The van der Waals surface area contributed by atoms with Crippen LogP contribution >= 0.6 is 0 Å². The highest BCUT2D eigenvalue weighted by Crippen LogP contribution is 2.14. The summed E-state index contributed by atoms with van der Waals surface area (Å²) >= 11 is 0. The summed E-state index contributed by atoms with van der Waals surface area (Å²) in [4.78, 5) is 0. The zero-order chi connectivity index (χ0) is 11.4. The van der Waals surface area contributed by atoms with Gasteiger partial charge in [-0.1, -0.05) is 43.2 Å². The Labute approximate surface area is 94.3 Å². The predicted octanol–water partition coefficient (Wildman–Crippen LogP) is 1.94. The zero-order valence-corrected chi connectivity index (χ0v) is 9.44. The van der Waals surface area contributed by atoms with Gasteiger partial charge in [0.25, 0.3) is 5.95 Å². The van der Waals surface area contributed by atoms with E-state index in [1.54, 1.807) is 0 Å². The second kappa shape index (κ2) is 4.74. The fourth-order valence-electron chi connectivity index (χ4n) is 1.44. The van der Waals surface area contributed by atoms with Crippen molar-refractivity contribution in [1.29, 1.82) is 0 Å². The quantitative estimate of drug-likeness (QED) is 0.821. The smallest absolute Gasteiger partial charge is 0.263 e. The Morgan fingerprint density at radius 1 is 1.25 bits per heavy atom. The molecule has 0 spiro atoms. The summed E-state index contributed by atoms with van der Waals surface area (Å²) in [6, 6.07) is 8.53. The fraction of sp³-hybridized carbons (Fsp3) is 0.364. The van der Waals surface area contributed by atoms with Crippen LogP contribution in [0.5, 0.6) is 0 Å². The minimum Gasteiger partial charge on any atom is -0.348 e. The lowest BCUT2D eigenvalue weighted by molar-refractivity contribution is 0.865. The van der Waals surface area contributed by atoms with Crippen LogP contribution in [0.2, 0.25) is 0 Å². The molecule has 0 aliphatic rings. The van der Waals surface area contributed by atoms with Gasteiger partial charge in [-0.25, -0.2) is 0 Å². The van der Waals surface area contributed by atoms with Crippen LogP contribution in [0.25, 0.3) is 0 Å². The van der Waals surface area contributed by atoms with Gasteiger partial charge in [-0.3, -0.25) is 0 Å². The average Bonchev–Trinajstić information content (AvgIpc) is 2.80. The van der Waals surface area contributed by atoms with Crippen LogP contribution in [0.3, 0.4) is 0 Å². The van der Waals surface area contributed by atoms with Crippen molar-refractivity contribution in [3.05, 3.63) is 35.4 Å². The van der Waals surface area contributed by atoms with Crippen molar-refractivity contribution >= 4 is 5.95 Å². The molecule has 0 aliphatic carbocycles. The summed E-state index contributed by atoms with van der Waals surface area (Å²) in [6.07, 6.45) is 0. The van der Waals surface area contributed by atoms with E-state index in [0.717, 1.165) is 0 Å². The maximum atomic E-state index is 3.82. The van der Waals surface area contributed by atoms with Gasteiger partial charge in [0.2, 0.25) is 0 Å². The van der Waals surface area contributed by atoms with E-state index in [2.05, 4.69) is 64.1 Å². The summed E-state index contributed by atoms with van der Waals surface area (Å²) in [5.41, 5.74) is 2.55. The first-order valence-corrected chi connectivity index (χ1v) is 5.32. The lowest BCUT2D eigenvalue weighted by Crippen LogP contribution is -2.01. The molecular weight excluding hydrogens is 202 g/mol. The first-order valence-electron chi connectivity index (χ1n) is 5.32. The lowest BCUT2D eigenvalue weighted by atomic mass is 10.0. The molecule has 0 saturated carbocycles. The first-order chi connectivity index (χ1) is 7.75. The topological polar surface area (TPSA) is 66.5 Å². The molecule has 16 heavy (non-hydrogen) atoms. The van der Waals surface area contributed by atoms with E-state index in [4.69, 9.17) is 0 Å². The highest BCUT2D eigenvalue weighted by Gasteiger charge is 2.00. The standard InChI is InChI=1S/C11H15N5/c1-8(2)10-5-3-9(4-6-10)7-12-11-13-15-16-14-11/h3-6,8H,7H2,1-2H3,(H2,12,13,14,15,16). The van der Waals surface area contributed by atoms with E-state index in [9.17, 15) is 0 Å². The molecule has 2 aromatic rings. The van der Waals surface area contributed by atoms with Crippen LogP contribution in [0.4, 0.5) is 5.95 Å². The number of aromatic nitrogens is 4. The fourth-order valence-corrected chi connectivity index (χ4v) is 1.44. The van der Waals surface area contributed by atoms with Gasteiger partial charge in [-0.2, -0.15) is 5.21 Å². The number of H-pyrrole nitrogens is 1. The molecule has 84 valence electrons. The third-order valence-electron chi connectivity index (χ3n) is 2.44. The molecule has 1 aromatic heterocycles. The first kappa shape index (κ1) is 10.6. The van der Waals surface area contributed by atoms with E-state index in [-0.39, 0.29) is 0 Å². The van der Waals surface area contributed by atoms with E-state index in [1.807, 2.05) is 0 Å². The second-order valence-corrected chi connectivity index (χ2v) is 3.99. The number of anilines is 1. The molecule has 1 aromatic carbocycles. The van der Waals surface area contributed by atoms with Crippen molar-refractivity contribution in [2.45, 2.75) is 26.3 Å². The number of rotatable bonds is 4. The van der Waals surface area contributed by atoms with Crippen LogP contribution in [-0.2, 0) is 6.54 Å². The number of nitrogens with one attached hydrogen (secondary N) is 2. The van der Waals surface area contributed by atoms with Crippen LogP contribution in [0.1, 0.15) is 30.9 Å². The molecule has 1 heterocycles. The predicted molar refractivity (Wildman–Crippen MR) is 62.0 cm³/mol. The van der Waals surface area contributed by atoms with E-state index < -0.39 is 0 Å². The molecule has 0 atom stereocenters. The molecule has 2 N–H and O–H groups in total. The monoisotopic (exact) mass is 217 g/mol. The zero-order valence-electron chi connectivity index (χ0n) is 9.44. The SMILES string of the molecule is CC(C)c1ccc(CNc2nn[nH]n2)cc1. The van der Waals surface area contributed by atoms with Crippen molar-refractivity contribution in [2.75, 3.05) is 5.32 Å². The van der Waals surface area contributed by atoms with E-state index >= 15 is 0 Å². The van der Waals surface area contributed by atoms with Crippen molar-refractivity contribution in [2.24, 2.45) is 0 Å². The minimum absolute atomic E-state index is 0.521. The maximum absolute atomic E-state index is 3.82. The van der Waals surface area contributed by atoms with Gasteiger partial charge < -0.3 is 5.32 Å². The Morgan fingerprint density at radius 2 is 2.00 bits per heavy atom. The van der Waals surface area contributed by atoms with Crippen LogP contribution in [0, 0.1) is 0 Å². The Bertz CT molecular complexity index is 418. The maximum Gasteiger partial charge on any atom is 0.263 e. The minimum atomic E-state index is 0.521. The number of hydrogen-bond donors (Lipinski definition) is 2. The van der Waals surface area contributed by atoms with Crippen molar-refractivity contribution in [3.8, 4) is 0 Å². The molecular formula is C11H15N5. The third-order valence-corrected chi connectivity index (χ3v) is 2.44. The van der Waals surface area contributed by atoms with Gasteiger partial charge >= 0.3 is 0 Å². The molecule has 2 rings (SSSR count). The molecule has 0 unspecified atom stereocenters. The largest absolute Gasteiger partial charge is 0.348 e. The molecule has 0 amide bonds. The number of nitrogens with zero attached hydrogens (tertiary/aromatic N) is 3. The second-order valence-electron chi connectivity index (χ2n) is 3.99. The number of aromatic amines is 1. The Morgan fingerprint density at radius 3 is 2.56 bits per heavy atom. The Kier molecular flexibility index (Phi) is 3.14. The Hall–Kier alpha value is -1.91. The van der Waals surface area contributed by atoms with Crippen LogP contribution < -0.4 is 5.32 Å². The van der Waals surface area contributed by atoms with Crippen molar-refractivity contribution in [3.63, 3.8) is 0 Å². The molecule has 0 aliphatic heterocycles. The molecule has 0 radical (unpaired) electrons. The van der Waals surface area contributed by atoms with Gasteiger partial charge in [-0.05, 0) is 22.3 Å². The van der Waals surface area contributed by atoms with Crippen LogP contribution in [-0.4, -0.2) is 20.6 Å². The van der Waals surface area contributed by atoms with Gasteiger partial charge in [-0.15, -0.1) is 5.10 Å². The molecule has 0 fully saturated rings.